The summed E-state index contributed by atoms with van der Waals surface area (Å²) in [5, 5.41) is -0.108. The van der Waals surface area contributed by atoms with Gasteiger partial charge in [-0.15, -0.1) is 0 Å². The molecule has 0 bridgehead atoms. The molecule has 1 aliphatic heterocycles. The van der Waals surface area contributed by atoms with E-state index >= 15 is 0 Å². The summed E-state index contributed by atoms with van der Waals surface area (Å²) in [5.41, 5.74) is 2.62. The third-order valence-corrected chi connectivity index (χ3v) is 6.42. The van der Waals surface area contributed by atoms with Crippen molar-refractivity contribution in [2.75, 3.05) is 13.1 Å². The quantitative estimate of drug-likeness (QED) is 0.905. The predicted octanol–water partition coefficient (Wildman–Crippen LogP) is 2.04. The molecule has 4 nitrogen and oxygen atoms in total. The van der Waals surface area contributed by atoms with Crippen molar-refractivity contribution in [2.45, 2.75) is 50.4 Å². The molecule has 1 heterocycles. The van der Waals surface area contributed by atoms with E-state index in [1.54, 1.807) is 0 Å². The fourth-order valence-corrected chi connectivity index (χ4v) is 4.52. The summed E-state index contributed by atoms with van der Waals surface area (Å²) in [6, 6.07) is 8.77. The van der Waals surface area contributed by atoms with Gasteiger partial charge in [-0.25, -0.2) is 13.1 Å². The number of aryl methyl sites for hydroxylation is 1. The number of benzene rings is 1. The molecule has 1 aromatic rings. The lowest BCUT2D eigenvalue weighted by Gasteiger charge is -2.32. The zero-order valence-electron chi connectivity index (χ0n) is 12.6. The molecule has 2 fully saturated rings. The van der Waals surface area contributed by atoms with E-state index in [0.29, 0.717) is 0 Å². The molecule has 0 radical (unpaired) electrons. The summed E-state index contributed by atoms with van der Waals surface area (Å²) < 4.78 is 26.8. The van der Waals surface area contributed by atoms with Gasteiger partial charge in [-0.1, -0.05) is 29.8 Å². The number of likely N-dealkylation sites (tertiary alicyclic amines) is 1. The minimum absolute atomic E-state index is 0.108. The highest BCUT2D eigenvalue weighted by Gasteiger charge is 2.37. The summed E-state index contributed by atoms with van der Waals surface area (Å²) in [6.45, 7) is 4.99. The number of hydrogen-bond donors (Lipinski definition) is 1. The second-order valence-electron chi connectivity index (χ2n) is 6.40. The molecule has 1 aliphatic carbocycles. The topological polar surface area (TPSA) is 49.4 Å². The van der Waals surface area contributed by atoms with Crippen LogP contribution in [0, 0.1) is 6.92 Å². The summed E-state index contributed by atoms with van der Waals surface area (Å²) in [6.07, 6.45) is 3.50. The smallest absolute Gasteiger partial charge is 0.214 e. The fraction of sp³-hybridized carbons (Fsp3) is 0.625. The van der Waals surface area contributed by atoms with Gasteiger partial charge >= 0.3 is 0 Å². The molecule has 1 saturated heterocycles. The van der Waals surface area contributed by atoms with Crippen LogP contribution in [0.15, 0.2) is 24.3 Å². The van der Waals surface area contributed by atoms with Crippen molar-refractivity contribution in [3.05, 3.63) is 35.4 Å². The lowest BCUT2D eigenvalue weighted by atomic mass is 10.0. The molecular formula is C16H24N2O2S. The van der Waals surface area contributed by atoms with E-state index in [0.717, 1.165) is 45.3 Å². The Balaban J connectivity index is 1.47. The SMILES string of the molecule is Cc1ccc(CN2CCC(NS(=O)(=O)C3CC3)CC2)cc1. The minimum atomic E-state index is -3.04. The number of nitrogens with zero attached hydrogens (tertiary/aromatic N) is 1. The van der Waals surface area contributed by atoms with Crippen molar-refractivity contribution >= 4 is 10.0 Å². The summed E-state index contributed by atoms with van der Waals surface area (Å²) in [4.78, 5) is 2.41. The van der Waals surface area contributed by atoms with E-state index in [2.05, 4.69) is 40.8 Å². The molecule has 0 amide bonds. The van der Waals surface area contributed by atoms with Crippen LogP contribution >= 0.6 is 0 Å². The Kier molecular flexibility index (Phi) is 4.33. The van der Waals surface area contributed by atoms with E-state index in [1.807, 2.05) is 0 Å². The molecule has 0 aromatic heterocycles. The zero-order chi connectivity index (χ0) is 14.9. The van der Waals surface area contributed by atoms with E-state index in [1.165, 1.54) is 11.1 Å². The maximum Gasteiger partial charge on any atom is 0.214 e. The van der Waals surface area contributed by atoms with E-state index in [-0.39, 0.29) is 11.3 Å². The van der Waals surface area contributed by atoms with Crippen LogP contribution in [0.2, 0.25) is 0 Å². The standard InChI is InChI=1S/C16H24N2O2S/c1-13-2-4-14(5-3-13)12-18-10-8-15(9-11-18)17-21(19,20)16-6-7-16/h2-5,15-17H,6-12H2,1H3. The van der Waals surface area contributed by atoms with E-state index < -0.39 is 10.0 Å². The maximum atomic E-state index is 11.9. The van der Waals surface area contributed by atoms with Crippen LogP contribution in [0.5, 0.6) is 0 Å². The molecule has 1 aromatic carbocycles. The van der Waals surface area contributed by atoms with Crippen LogP contribution in [0.4, 0.5) is 0 Å². The Hall–Kier alpha value is -0.910. The van der Waals surface area contributed by atoms with Crippen molar-refractivity contribution in [2.24, 2.45) is 0 Å². The Morgan fingerprint density at radius 2 is 1.71 bits per heavy atom. The summed E-state index contributed by atoms with van der Waals surface area (Å²) in [5.74, 6) is 0. The summed E-state index contributed by atoms with van der Waals surface area (Å²) >= 11 is 0. The molecule has 3 rings (SSSR count). The van der Waals surface area contributed by atoms with Crippen LogP contribution in [0.1, 0.15) is 36.8 Å². The maximum absolute atomic E-state index is 11.9. The first-order valence-electron chi connectivity index (χ1n) is 7.82. The van der Waals surface area contributed by atoms with Gasteiger partial charge < -0.3 is 0 Å². The van der Waals surface area contributed by atoms with Gasteiger partial charge in [0.25, 0.3) is 0 Å². The highest BCUT2D eigenvalue weighted by molar-refractivity contribution is 7.90. The zero-order valence-corrected chi connectivity index (χ0v) is 13.4. The molecule has 1 saturated carbocycles. The van der Waals surface area contributed by atoms with Gasteiger partial charge in [0.1, 0.15) is 0 Å². The van der Waals surface area contributed by atoms with Crippen molar-refractivity contribution in [3.8, 4) is 0 Å². The lowest BCUT2D eigenvalue weighted by molar-refractivity contribution is 0.200. The number of rotatable bonds is 5. The molecule has 2 aliphatic rings. The molecule has 5 heteroatoms. The molecule has 0 atom stereocenters. The van der Waals surface area contributed by atoms with Crippen LogP contribution < -0.4 is 4.72 Å². The van der Waals surface area contributed by atoms with Crippen LogP contribution in [-0.2, 0) is 16.6 Å². The average Bonchev–Trinajstić information content (AvgIpc) is 3.28. The van der Waals surface area contributed by atoms with Gasteiger partial charge in [-0.05, 0) is 38.2 Å². The number of sulfonamides is 1. The third-order valence-electron chi connectivity index (χ3n) is 4.41. The first kappa shape index (κ1) is 15.0. The normalized spacial score (nSPS) is 21.6. The predicted molar refractivity (Wildman–Crippen MR) is 84.6 cm³/mol. The average molecular weight is 308 g/mol. The molecule has 0 spiro atoms. The molecule has 21 heavy (non-hydrogen) atoms. The number of hydrogen-bond acceptors (Lipinski definition) is 3. The van der Waals surface area contributed by atoms with Crippen molar-refractivity contribution in [1.29, 1.82) is 0 Å². The Labute approximate surface area is 127 Å². The van der Waals surface area contributed by atoms with Gasteiger partial charge in [0.15, 0.2) is 0 Å². The van der Waals surface area contributed by atoms with E-state index in [9.17, 15) is 8.42 Å². The van der Waals surface area contributed by atoms with Gasteiger partial charge in [0.2, 0.25) is 10.0 Å². The van der Waals surface area contributed by atoms with Crippen molar-refractivity contribution in [1.82, 2.24) is 9.62 Å². The molecular weight excluding hydrogens is 284 g/mol. The second-order valence-corrected chi connectivity index (χ2v) is 8.39. The summed E-state index contributed by atoms with van der Waals surface area (Å²) in [7, 11) is -3.04. The molecule has 1 N–H and O–H groups in total. The van der Waals surface area contributed by atoms with Gasteiger partial charge in [-0.3, -0.25) is 4.90 Å². The first-order chi connectivity index (χ1) is 10.0. The second kappa shape index (κ2) is 6.07. The van der Waals surface area contributed by atoms with Gasteiger partial charge in [0.05, 0.1) is 5.25 Å². The largest absolute Gasteiger partial charge is 0.299 e. The monoisotopic (exact) mass is 308 g/mol. The van der Waals surface area contributed by atoms with Crippen LogP contribution in [0.25, 0.3) is 0 Å². The van der Waals surface area contributed by atoms with Crippen LogP contribution in [0.3, 0.4) is 0 Å². The van der Waals surface area contributed by atoms with Gasteiger partial charge in [0, 0.05) is 25.7 Å². The number of piperidine rings is 1. The Morgan fingerprint density at radius 1 is 1.10 bits per heavy atom. The molecule has 0 unspecified atom stereocenters. The fourth-order valence-electron chi connectivity index (χ4n) is 2.87. The first-order valence-corrected chi connectivity index (χ1v) is 9.36. The third kappa shape index (κ3) is 4.05. The van der Waals surface area contributed by atoms with Crippen LogP contribution in [-0.4, -0.2) is 37.7 Å². The Morgan fingerprint density at radius 3 is 2.29 bits per heavy atom. The highest BCUT2D eigenvalue weighted by atomic mass is 32.2. The number of nitrogens with one attached hydrogen (secondary N) is 1. The lowest BCUT2D eigenvalue weighted by Crippen LogP contribution is -2.45. The Bertz CT molecular complexity index is 571. The van der Waals surface area contributed by atoms with Gasteiger partial charge in [-0.2, -0.15) is 0 Å². The molecule has 116 valence electrons. The van der Waals surface area contributed by atoms with E-state index in [4.69, 9.17) is 0 Å². The van der Waals surface area contributed by atoms with Crippen molar-refractivity contribution < 1.29 is 8.42 Å². The minimum Gasteiger partial charge on any atom is -0.299 e. The highest BCUT2D eigenvalue weighted by Crippen LogP contribution is 2.28. The van der Waals surface area contributed by atoms with Crippen molar-refractivity contribution in [3.63, 3.8) is 0 Å².